The number of carbonyl (C=O) groups is 1. The van der Waals surface area contributed by atoms with Crippen LogP contribution in [0.4, 0.5) is 5.69 Å². The van der Waals surface area contributed by atoms with E-state index in [4.69, 9.17) is 9.41 Å². The Balaban J connectivity index is 1.50. The van der Waals surface area contributed by atoms with E-state index in [2.05, 4.69) is 41.1 Å². The number of thiazole rings is 1. The van der Waals surface area contributed by atoms with Gasteiger partial charge in [0.25, 0.3) is 0 Å². The number of hydrogen-bond acceptors (Lipinski definition) is 4. The molecule has 0 aliphatic carbocycles. The van der Waals surface area contributed by atoms with E-state index in [0.717, 1.165) is 65.4 Å². The molecule has 31 heavy (non-hydrogen) atoms. The zero-order valence-electron chi connectivity index (χ0n) is 17.6. The largest absolute Gasteiger partial charge is 0.454 e. The van der Waals surface area contributed by atoms with Crippen LogP contribution in [-0.2, 0) is 11.3 Å². The van der Waals surface area contributed by atoms with Crippen molar-refractivity contribution in [3.8, 4) is 11.5 Å². The zero-order valence-corrected chi connectivity index (χ0v) is 18.4. The number of rotatable bonds is 6. The van der Waals surface area contributed by atoms with Crippen molar-refractivity contribution in [2.24, 2.45) is 4.99 Å². The highest BCUT2D eigenvalue weighted by atomic mass is 32.1. The Bertz CT molecular complexity index is 1250. The van der Waals surface area contributed by atoms with Crippen molar-refractivity contribution in [3.63, 3.8) is 0 Å². The Labute approximate surface area is 185 Å². The molecule has 2 aromatic carbocycles. The molecule has 6 heteroatoms. The monoisotopic (exact) mass is 431 g/mol. The smallest absolute Gasteiger partial charge is 0.222 e. The molecular formula is C25H25N3O2S. The van der Waals surface area contributed by atoms with Crippen molar-refractivity contribution in [1.82, 2.24) is 9.47 Å². The average molecular weight is 432 g/mol. The summed E-state index contributed by atoms with van der Waals surface area (Å²) < 4.78 is 8.38. The second kappa shape index (κ2) is 8.55. The summed E-state index contributed by atoms with van der Waals surface area (Å²) in [5, 5.41) is 3.21. The Morgan fingerprint density at radius 2 is 1.94 bits per heavy atom. The normalized spacial score (nSPS) is 14.8. The molecule has 0 N–H and O–H groups in total. The quantitative estimate of drug-likeness (QED) is 0.404. The molecule has 5 rings (SSSR count). The van der Waals surface area contributed by atoms with Crippen LogP contribution in [0.5, 0.6) is 0 Å². The molecule has 1 aliphatic rings. The van der Waals surface area contributed by atoms with Gasteiger partial charge in [0.1, 0.15) is 5.58 Å². The van der Waals surface area contributed by atoms with E-state index in [9.17, 15) is 4.79 Å². The topological polar surface area (TPSA) is 50.7 Å². The van der Waals surface area contributed by atoms with Gasteiger partial charge in [-0.15, -0.1) is 11.3 Å². The van der Waals surface area contributed by atoms with E-state index < -0.39 is 0 Å². The molecule has 0 bridgehead atoms. The molecule has 0 radical (unpaired) electrons. The van der Waals surface area contributed by atoms with E-state index in [1.165, 1.54) is 5.56 Å². The number of nitrogens with zero attached hydrogens (tertiary/aromatic N) is 3. The van der Waals surface area contributed by atoms with E-state index in [1.54, 1.807) is 11.3 Å². The zero-order chi connectivity index (χ0) is 21.2. The van der Waals surface area contributed by atoms with Crippen LogP contribution in [0.25, 0.3) is 22.4 Å². The van der Waals surface area contributed by atoms with Crippen molar-refractivity contribution in [3.05, 3.63) is 70.3 Å². The highest BCUT2D eigenvalue weighted by molar-refractivity contribution is 7.07. The van der Waals surface area contributed by atoms with E-state index in [1.807, 2.05) is 35.2 Å². The molecule has 0 spiro atoms. The van der Waals surface area contributed by atoms with Gasteiger partial charge in [0.05, 0.1) is 11.4 Å². The van der Waals surface area contributed by atoms with Gasteiger partial charge in [-0.05, 0) is 44.0 Å². The summed E-state index contributed by atoms with van der Waals surface area (Å²) in [7, 11) is 0. The fraction of sp³-hybridized carbons (Fsp3) is 0.280. The molecule has 0 unspecified atom stereocenters. The van der Waals surface area contributed by atoms with Crippen LogP contribution in [0.15, 0.2) is 69.4 Å². The summed E-state index contributed by atoms with van der Waals surface area (Å²) in [6.07, 6.45) is 2.54. The maximum Gasteiger partial charge on any atom is 0.222 e. The van der Waals surface area contributed by atoms with E-state index in [0.29, 0.717) is 6.42 Å². The number of aromatic nitrogens is 1. The average Bonchev–Trinajstić information content (AvgIpc) is 3.48. The molecule has 1 fully saturated rings. The van der Waals surface area contributed by atoms with Gasteiger partial charge in [0.2, 0.25) is 5.91 Å². The molecule has 2 aromatic heterocycles. The number of furan rings is 1. The number of hydrogen-bond donors (Lipinski definition) is 0. The summed E-state index contributed by atoms with van der Waals surface area (Å²) in [5.41, 5.74) is 4.07. The first-order valence-electron chi connectivity index (χ1n) is 10.7. The second-order valence-corrected chi connectivity index (χ2v) is 8.83. The van der Waals surface area contributed by atoms with Gasteiger partial charge in [0.15, 0.2) is 10.6 Å². The molecule has 3 heterocycles. The molecule has 5 nitrogen and oxygen atoms in total. The van der Waals surface area contributed by atoms with Crippen LogP contribution < -0.4 is 4.80 Å². The van der Waals surface area contributed by atoms with Gasteiger partial charge in [-0.1, -0.05) is 35.9 Å². The van der Waals surface area contributed by atoms with Gasteiger partial charge in [-0.2, -0.15) is 0 Å². The lowest BCUT2D eigenvalue weighted by Crippen LogP contribution is -2.27. The summed E-state index contributed by atoms with van der Waals surface area (Å²) >= 11 is 1.62. The molecular weight excluding hydrogens is 406 g/mol. The highest BCUT2D eigenvalue weighted by Crippen LogP contribution is 2.28. The molecule has 1 amide bonds. The van der Waals surface area contributed by atoms with Crippen molar-refractivity contribution in [2.45, 2.75) is 32.7 Å². The predicted octanol–water partition coefficient (Wildman–Crippen LogP) is 5.52. The third-order valence-corrected chi connectivity index (χ3v) is 6.58. The number of carbonyl (C=O) groups excluding carboxylic acids is 1. The van der Waals surface area contributed by atoms with E-state index >= 15 is 0 Å². The van der Waals surface area contributed by atoms with Gasteiger partial charge in [-0.25, -0.2) is 4.99 Å². The SMILES string of the molecule is Cc1ccc(N=c2scc(-c3cc4ccccc4o3)n2CCCN2CCCC2=O)cc1. The lowest BCUT2D eigenvalue weighted by molar-refractivity contribution is -0.127. The maximum atomic E-state index is 12.0. The van der Waals surface area contributed by atoms with Gasteiger partial charge in [-0.3, -0.25) is 4.79 Å². The Hall–Kier alpha value is -3.12. The molecule has 158 valence electrons. The van der Waals surface area contributed by atoms with Crippen LogP contribution in [-0.4, -0.2) is 28.5 Å². The summed E-state index contributed by atoms with van der Waals surface area (Å²) in [5.74, 6) is 1.12. The first-order valence-corrected chi connectivity index (χ1v) is 11.6. The number of fused-ring (bicyclic) bond motifs is 1. The number of amides is 1. The van der Waals surface area contributed by atoms with Gasteiger partial charge >= 0.3 is 0 Å². The standard InChI is InChI=1S/C25H25N3O2S/c1-18-9-11-20(12-10-18)26-25-28(15-5-14-27-13-4-8-24(27)29)21(17-31-25)23-16-19-6-2-3-7-22(19)30-23/h2-3,6-7,9-12,16-17H,4-5,8,13-15H2,1H3. The first kappa shape index (κ1) is 19.8. The minimum absolute atomic E-state index is 0.275. The third-order valence-electron chi connectivity index (χ3n) is 5.72. The van der Waals surface area contributed by atoms with Gasteiger partial charge in [0, 0.05) is 36.8 Å². The van der Waals surface area contributed by atoms with Gasteiger partial charge < -0.3 is 13.9 Å². The lowest BCUT2D eigenvalue weighted by Gasteiger charge is -2.16. The summed E-state index contributed by atoms with van der Waals surface area (Å²) in [4.78, 5) is 19.8. The summed E-state index contributed by atoms with van der Waals surface area (Å²) in [6.45, 7) is 4.52. The first-order chi connectivity index (χ1) is 15.2. The molecule has 1 saturated heterocycles. The van der Waals surface area contributed by atoms with Crippen LogP contribution >= 0.6 is 11.3 Å². The molecule has 1 aliphatic heterocycles. The summed E-state index contributed by atoms with van der Waals surface area (Å²) in [6, 6.07) is 18.4. The Morgan fingerprint density at radius 3 is 2.71 bits per heavy atom. The number of likely N-dealkylation sites (tertiary alicyclic amines) is 1. The molecule has 4 aromatic rings. The van der Waals surface area contributed by atoms with E-state index in [-0.39, 0.29) is 5.91 Å². The van der Waals surface area contributed by atoms with Crippen molar-refractivity contribution in [1.29, 1.82) is 0 Å². The number of para-hydroxylation sites is 1. The van der Waals surface area contributed by atoms with Crippen molar-refractivity contribution < 1.29 is 9.21 Å². The van der Waals surface area contributed by atoms with Crippen LogP contribution in [0.3, 0.4) is 0 Å². The van der Waals surface area contributed by atoms with Crippen molar-refractivity contribution in [2.75, 3.05) is 13.1 Å². The predicted molar refractivity (Wildman–Crippen MR) is 124 cm³/mol. The fourth-order valence-corrected chi connectivity index (χ4v) is 4.97. The minimum atomic E-state index is 0.275. The van der Waals surface area contributed by atoms with Crippen molar-refractivity contribution >= 4 is 33.9 Å². The Morgan fingerprint density at radius 1 is 1.10 bits per heavy atom. The maximum absolute atomic E-state index is 12.0. The van der Waals surface area contributed by atoms with Crippen LogP contribution in [0.1, 0.15) is 24.8 Å². The van der Waals surface area contributed by atoms with Crippen LogP contribution in [0.2, 0.25) is 0 Å². The molecule has 0 saturated carbocycles. The lowest BCUT2D eigenvalue weighted by atomic mass is 10.2. The Kier molecular flexibility index (Phi) is 5.47. The minimum Gasteiger partial charge on any atom is -0.454 e. The fourth-order valence-electron chi connectivity index (χ4n) is 4.03. The highest BCUT2D eigenvalue weighted by Gasteiger charge is 2.20. The second-order valence-electron chi connectivity index (χ2n) is 7.99. The number of aryl methyl sites for hydroxylation is 1. The number of benzene rings is 2. The third kappa shape index (κ3) is 4.21. The van der Waals surface area contributed by atoms with Crippen LogP contribution in [0, 0.1) is 6.92 Å². The molecule has 0 atom stereocenters.